The Morgan fingerprint density at radius 3 is 2.24 bits per heavy atom. The Hall–Kier alpha value is -2.63. The van der Waals surface area contributed by atoms with Gasteiger partial charge in [0.1, 0.15) is 0 Å². The largest absolute Gasteiger partial charge is 0.493 e. The molecule has 2 N–H and O–H groups in total. The highest BCUT2D eigenvalue weighted by Crippen LogP contribution is 2.40. The van der Waals surface area contributed by atoms with Gasteiger partial charge in [0.15, 0.2) is 11.5 Å². The van der Waals surface area contributed by atoms with E-state index in [1.807, 2.05) is 0 Å². The smallest absolute Gasteiger partial charge is 0.335 e. The second kappa shape index (κ2) is 6.21. The lowest BCUT2D eigenvalue weighted by atomic mass is 10.0. The van der Waals surface area contributed by atoms with E-state index in [2.05, 4.69) is 5.32 Å². The summed E-state index contributed by atoms with van der Waals surface area (Å²) < 4.78 is 15.9. The number of rotatable bonds is 5. The molecule has 2 rings (SSSR count). The van der Waals surface area contributed by atoms with Crippen molar-refractivity contribution in [3.63, 3.8) is 0 Å². The maximum atomic E-state index is 11.1. The molecular weight excluding hydrogens is 274 g/mol. The lowest BCUT2D eigenvalue weighted by molar-refractivity contribution is -0.132. The van der Waals surface area contributed by atoms with E-state index in [4.69, 9.17) is 19.3 Å². The van der Waals surface area contributed by atoms with Crippen molar-refractivity contribution in [3.05, 3.63) is 41.6 Å². The quantitative estimate of drug-likeness (QED) is 0.862. The number of carboxylic acid groups (broad SMARTS) is 1. The lowest BCUT2D eigenvalue weighted by Gasteiger charge is -2.21. The molecular formula is C15H17NO5. The van der Waals surface area contributed by atoms with E-state index in [1.165, 1.54) is 27.4 Å². The van der Waals surface area contributed by atoms with Gasteiger partial charge >= 0.3 is 5.97 Å². The van der Waals surface area contributed by atoms with Crippen molar-refractivity contribution >= 4 is 5.97 Å². The molecule has 1 aliphatic rings. The molecule has 6 heteroatoms. The molecule has 1 aromatic rings. The van der Waals surface area contributed by atoms with Crippen LogP contribution in [-0.2, 0) is 4.79 Å². The van der Waals surface area contributed by atoms with Crippen LogP contribution in [0.1, 0.15) is 11.6 Å². The number of carbonyl (C=O) groups is 1. The van der Waals surface area contributed by atoms with Crippen LogP contribution in [0.3, 0.4) is 0 Å². The van der Waals surface area contributed by atoms with Crippen LogP contribution in [0.2, 0.25) is 0 Å². The molecule has 21 heavy (non-hydrogen) atoms. The molecule has 0 amide bonds. The molecule has 0 bridgehead atoms. The first-order chi connectivity index (χ1) is 10.1. The first-order valence-electron chi connectivity index (χ1n) is 6.28. The number of ether oxygens (including phenoxy) is 3. The molecule has 1 atom stereocenters. The molecule has 1 aromatic carbocycles. The fourth-order valence-corrected chi connectivity index (χ4v) is 2.14. The maximum Gasteiger partial charge on any atom is 0.335 e. The zero-order valence-corrected chi connectivity index (χ0v) is 12.0. The summed E-state index contributed by atoms with van der Waals surface area (Å²) in [7, 11) is 4.60. The first-order valence-corrected chi connectivity index (χ1v) is 6.28. The molecule has 0 spiro atoms. The summed E-state index contributed by atoms with van der Waals surface area (Å²) in [4.78, 5) is 11.1. The van der Waals surface area contributed by atoms with Gasteiger partial charge in [-0.1, -0.05) is 0 Å². The second-order valence-electron chi connectivity index (χ2n) is 4.36. The summed E-state index contributed by atoms with van der Waals surface area (Å²) >= 11 is 0. The van der Waals surface area contributed by atoms with Crippen LogP contribution in [0, 0.1) is 0 Å². The van der Waals surface area contributed by atoms with Crippen molar-refractivity contribution in [2.75, 3.05) is 21.3 Å². The Morgan fingerprint density at radius 1 is 1.14 bits per heavy atom. The number of hydrogen-bond acceptors (Lipinski definition) is 5. The number of nitrogens with one attached hydrogen (secondary N) is 1. The number of dihydropyridines is 1. The number of hydrogen-bond donors (Lipinski definition) is 2. The fourth-order valence-electron chi connectivity index (χ4n) is 2.14. The summed E-state index contributed by atoms with van der Waals surface area (Å²) in [5, 5.41) is 12.2. The molecule has 0 aromatic heterocycles. The molecule has 0 aliphatic carbocycles. The lowest BCUT2D eigenvalue weighted by Crippen LogP contribution is -2.19. The van der Waals surface area contributed by atoms with Gasteiger partial charge in [-0.25, -0.2) is 4.79 Å². The van der Waals surface area contributed by atoms with E-state index >= 15 is 0 Å². The first kappa shape index (κ1) is 14.8. The molecule has 1 unspecified atom stereocenters. The van der Waals surface area contributed by atoms with Crippen molar-refractivity contribution < 1.29 is 24.1 Å². The predicted octanol–water partition coefficient (Wildman–Crippen LogP) is 1.88. The summed E-state index contributed by atoms with van der Waals surface area (Å²) in [6, 6.07) is 3.29. The number of methoxy groups -OCH3 is 3. The molecule has 0 fully saturated rings. The van der Waals surface area contributed by atoms with Crippen molar-refractivity contribution in [2.45, 2.75) is 6.04 Å². The zero-order valence-electron chi connectivity index (χ0n) is 12.0. The van der Waals surface area contributed by atoms with E-state index in [9.17, 15) is 4.79 Å². The van der Waals surface area contributed by atoms with E-state index in [0.29, 0.717) is 17.2 Å². The monoisotopic (exact) mass is 291 g/mol. The molecule has 1 heterocycles. The highest BCUT2D eigenvalue weighted by Gasteiger charge is 2.19. The summed E-state index contributed by atoms with van der Waals surface area (Å²) in [6.45, 7) is 0. The van der Waals surface area contributed by atoms with E-state index in [0.717, 1.165) is 5.56 Å². The maximum absolute atomic E-state index is 11.1. The molecule has 0 radical (unpaired) electrons. The Labute approximate surface area is 122 Å². The van der Waals surface area contributed by atoms with Crippen molar-refractivity contribution in [3.8, 4) is 17.2 Å². The minimum Gasteiger partial charge on any atom is -0.493 e. The summed E-state index contributed by atoms with van der Waals surface area (Å²) in [5.74, 6) is 0.574. The van der Waals surface area contributed by atoms with Gasteiger partial charge in [0.25, 0.3) is 0 Å². The highest BCUT2D eigenvalue weighted by molar-refractivity contribution is 5.90. The molecule has 0 saturated carbocycles. The van der Waals surface area contributed by atoms with Gasteiger partial charge in [0.05, 0.1) is 32.9 Å². The number of aliphatic carboxylic acids is 1. The van der Waals surface area contributed by atoms with Crippen LogP contribution in [0.4, 0.5) is 0 Å². The normalized spacial score (nSPS) is 16.7. The van der Waals surface area contributed by atoms with Crippen LogP contribution < -0.4 is 19.5 Å². The van der Waals surface area contributed by atoms with Gasteiger partial charge in [-0.3, -0.25) is 0 Å². The van der Waals surface area contributed by atoms with Crippen molar-refractivity contribution in [1.29, 1.82) is 0 Å². The Morgan fingerprint density at radius 2 is 1.76 bits per heavy atom. The molecule has 1 aliphatic heterocycles. The average molecular weight is 291 g/mol. The SMILES string of the molecule is COc1cc(C2C=C(C(=O)O)C=CN2)cc(OC)c1OC. The van der Waals surface area contributed by atoms with Gasteiger partial charge in [0, 0.05) is 0 Å². The predicted molar refractivity (Wildman–Crippen MR) is 76.8 cm³/mol. The van der Waals surface area contributed by atoms with Crippen LogP contribution in [0.25, 0.3) is 0 Å². The number of benzene rings is 1. The van der Waals surface area contributed by atoms with Crippen LogP contribution >= 0.6 is 0 Å². The third kappa shape index (κ3) is 2.94. The Bertz CT molecular complexity index is 581. The summed E-state index contributed by atoms with van der Waals surface area (Å²) in [5.41, 5.74) is 1.04. The third-order valence-corrected chi connectivity index (χ3v) is 3.18. The number of carboxylic acids is 1. The van der Waals surface area contributed by atoms with E-state index in [-0.39, 0.29) is 11.6 Å². The second-order valence-corrected chi connectivity index (χ2v) is 4.36. The van der Waals surface area contributed by atoms with Crippen LogP contribution in [0.5, 0.6) is 17.2 Å². The van der Waals surface area contributed by atoms with E-state index in [1.54, 1.807) is 24.4 Å². The molecule has 112 valence electrons. The summed E-state index contributed by atoms with van der Waals surface area (Å²) in [6.07, 6.45) is 4.75. The highest BCUT2D eigenvalue weighted by atomic mass is 16.5. The van der Waals surface area contributed by atoms with Gasteiger partial charge < -0.3 is 24.6 Å². The van der Waals surface area contributed by atoms with Gasteiger partial charge in [0.2, 0.25) is 5.75 Å². The van der Waals surface area contributed by atoms with Gasteiger partial charge in [-0.05, 0) is 36.0 Å². The molecule has 0 saturated heterocycles. The van der Waals surface area contributed by atoms with Crippen molar-refractivity contribution in [1.82, 2.24) is 5.32 Å². The minimum atomic E-state index is -0.967. The molecule has 6 nitrogen and oxygen atoms in total. The minimum absolute atomic E-state index is 0.229. The standard InChI is InChI=1S/C15H17NO5/c1-19-12-7-10(8-13(20-2)14(12)21-3)11-6-9(15(17)18)4-5-16-11/h4-8,11,16H,1-3H3,(H,17,18). The topological polar surface area (TPSA) is 77.0 Å². The Kier molecular flexibility index (Phi) is 4.37. The fraction of sp³-hybridized carbons (Fsp3) is 0.267. The zero-order chi connectivity index (χ0) is 15.4. The van der Waals surface area contributed by atoms with Crippen LogP contribution in [-0.4, -0.2) is 32.4 Å². The average Bonchev–Trinajstić information content (AvgIpc) is 2.53. The van der Waals surface area contributed by atoms with Gasteiger partial charge in [-0.15, -0.1) is 0 Å². The van der Waals surface area contributed by atoms with Crippen LogP contribution in [0.15, 0.2) is 36.1 Å². The Balaban J connectivity index is 2.45. The van der Waals surface area contributed by atoms with E-state index < -0.39 is 5.97 Å². The third-order valence-electron chi connectivity index (χ3n) is 3.18. The van der Waals surface area contributed by atoms with Gasteiger partial charge in [-0.2, -0.15) is 0 Å². The van der Waals surface area contributed by atoms with Crippen molar-refractivity contribution in [2.24, 2.45) is 0 Å².